The number of methoxy groups -OCH3 is 1. The third-order valence-corrected chi connectivity index (χ3v) is 3.33. The second-order valence-corrected chi connectivity index (χ2v) is 4.97. The smallest absolute Gasteiger partial charge is 0.217 e. The molecule has 1 aromatic heterocycles. The Morgan fingerprint density at radius 3 is 2.94 bits per heavy atom. The summed E-state index contributed by atoms with van der Waals surface area (Å²) in [6.45, 7) is 1.98. The van der Waals surface area contributed by atoms with Crippen molar-refractivity contribution in [1.29, 1.82) is 0 Å². The van der Waals surface area contributed by atoms with Crippen molar-refractivity contribution in [2.45, 2.75) is 25.4 Å². The zero-order valence-electron chi connectivity index (χ0n) is 10.6. The maximum absolute atomic E-state index is 5.79. The van der Waals surface area contributed by atoms with Gasteiger partial charge >= 0.3 is 0 Å². The quantitative estimate of drug-likeness (QED) is 0.834. The number of hydrogen-bond acceptors (Lipinski definition) is 4. The van der Waals surface area contributed by atoms with E-state index in [0.717, 1.165) is 43.3 Å². The molecule has 0 saturated heterocycles. The monoisotopic (exact) mass is 235 g/mol. The van der Waals surface area contributed by atoms with E-state index in [1.165, 1.54) is 0 Å². The van der Waals surface area contributed by atoms with Gasteiger partial charge in [-0.2, -0.15) is 0 Å². The summed E-state index contributed by atoms with van der Waals surface area (Å²) < 4.78 is 5.25. The van der Waals surface area contributed by atoms with Gasteiger partial charge in [0.25, 0.3) is 0 Å². The molecule has 1 aliphatic rings. The number of pyridine rings is 1. The van der Waals surface area contributed by atoms with E-state index in [1.807, 2.05) is 6.07 Å². The van der Waals surface area contributed by atoms with E-state index in [4.69, 9.17) is 10.5 Å². The van der Waals surface area contributed by atoms with Crippen LogP contribution in [0.4, 0.5) is 0 Å². The Balaban J connectivity index is 1.86. The average molecular weight is 235 g/mol. The molecule has 0 unspecified atom stereocenters. The Bertz CT molecular complexity index is 363. The largest absolute Gasteiger partial charge is 0.481 e. The van der Waals surface area contributed by atoms with Crippen LogP contribution < -0.4 is 10.5 Å². The summed E-state index contributed by atoms with van der Waals surface area (Å²) in [6, 6.07) is 4.45. The normalized spacial score (nSPS) is 23.5. The molecule has 17 heavy (non-hydrogen) atoms. The highest BCUT2D eigenvalue weighted by Crippen LogP contribution is 2.26. The van der Waals surface area contributed by atoms with Gasteiger partial charge in [-0.05, 0) is 31.9 Å². The van der Waals surface area contributed by atoms with E-state index in [-0.39, 0.29) is 0 Å². The van der Waals surface area contributed by atoms with Gasteiger partial charge in [0.15, 0.2) is 0 Å². The minimum absolute atomic E-state index is 0.432. The Labute approximate surface area is 103 Å². The standard InChI is InChI=1S/C13H21N3O/c1-16(8-10-6-12(14)7-10)9-11-4-3-5-15-13(11)17-2/h3-5,10,12H,6-9,14H2,1-2H3. The molecule has 94 valence electrons. The van der Waals surface area contributed by atoms with Crippen LogP contribution in [-0.4, -0.2) is 36.6 Å². The molecule has 1 aliphatic carbocycles. The first-order valence-electron chi connectivity index (χ1n) is 6.11. The van der Waals surface area contributed by atoms with E-state index in [1.54, 1.807) is 13.3 Å². The van der Waals surface area contributed by atoms with Crippen LogP contribution in [0.1, 0.15) is 18.4 Å². The van der Waals surface area contributed by atoms with Crippen molar-refractivity contribution in [1.82, 2.24) is 9.88 Å². The van der Waals surface area contributed by atoms with Gasteiger partial charge in [0.2, 0.25) is 5.88 Å². The van der Waals surface area contributed by atoms with E-state index in [2.05, 4.69) is 23.0 Å². The summed E-state index contributed by atoms with van der Waals surface area (Å²) in [5, 5.41) is 0. The van der Waals surface area contributed by atoms with Gasteiger partial charge in [0.05, 0.1) is 7.11 Å². The molecule has 2 rings (SSSR count). The van der Waals surface area contributed by atoms with Crippen molar-refractivity contribution in [3.05, 3.63) is 23.9 Å². The molecule has 1 fully saturated rings. The second kappa shape index (κ2) is 5.47. The van der Waals surface area contributed by atoms with Crippen molar-refractivity contribution in [3.8, 4) is 5.88 Å². The van der Waals surface area contributed by atoms with Crippen LogP contribution in [0, 0.1) is 5.92 Å². The van der Waals surface area contributed by atoms with Crippen molar-refractivity contribution in [3.63, 3.8) is 0 Å². The van der Waals surface area contributed by atoms with Crippen molar-refractivity contribution in [2.75, 3.05) is 20.7 Å². The molecule has 0 spiro atoms. The highest BCUT2D eigenvalue weighted by atomic mass is 16.5. The molecule has 0 atom stereocenters. The predicted octanol–water partition coefficient (Wildman–Crippen LogP) is 1.26. The number of hydrogen-bond donors (Lipinski definition) is 1. The van der Waals surface area contributed by atoms with E-state index in [0.29, 0.717) is 6.04 Å². The van der Waals surface area contributed by atoms with E-state index < -0.39 is 0 Å². The minimum Gasteiger partial charge on any atom is -0.481 e. The minimum atomic E-state index is 0.432. The number of aromatic nitrogens is 1. The molecule has 1 heterocycles. The first-order valence-corrected chi connectivity index (χ1v) is 6.11. The number of nitrogens with zero attached hydrogens (tertiary/aromatic N) is 2. The fourth-order valence-corrected chi connectivity index (χ4v) is 2.46. The molecule has 4 nitrogen and oxygen atoms in total. The number of ether oxygens (including phenoxy) is 1. The Morgan fingerprint density at radius 2 is 2.29 bits per heavy atom. The summed E-state index contributed by atoms with van der Waals surface area (Å²) >= 11 is 0. The molecule has 2 N–H and O–H groups in total. The molecular weight excluding hydrogens is 214 g/mol. The molecular formula is C13H21N3O. The highest BCUT2D eigenvalue weighted by molar-refractivity contribution is 5.25. The Hall–Kier alpha value is -1.13. The zero-order valence-corrected chi connectivity index (χ0v) is 10.6. The average Bonchev–Trinajstić information content (AvgIpc) is 2.27. The lowest BCUT2D eigenvalue weighted by molar-refractivity contribution is 0.177. The molecule has 1 saturated carbocycles. The fourth-order valence-electron chi connectivity index (χ4n) is 2.46. The maximum atomic E-state index is 5.79. The molecule has 0 aliphatic heterocycles. The molecule has 0 bridgehead atoms. The summed E-state index contributed by atoms with van der Waals surface area (Å²) in [7, 11) is 3.80. The topological polar surface area (TPSA) is 51.4 Å². The number of nitrogens with two attached hydrogens (primary N) is 1. The van der Waals surface area contributed by atoms with Crippen molar-refractivity contribution in [2.24, 2.45) is 11.7 Å². The van der Waals surface area contributed by atoms with Crippen molar-refractivity contribution < 1.29 is 4.74 Å². The van der Waals surface area contributed by atoms with Gasteiger partial charge in [-0.3, -0.25) is 0 Å². The van der Waals surface area contributed by atoms with Gasteiger partial charge in [-0.25, -0.2) is 4.98 Å². The van der Waals surface area contributed by atoms with Gasteiger partial charge in [-0.15, -0.1) is 0 Å². The zero-order chi connectivity index (χ0) is 12.3. The SMILES string of the molecule is COc1ncccc1CN(C)CC1CC(N)C1. The van der Waals surface area contributed by atoms with Crippen LogP contribution in [0.15, 0.2) is 18.3 Å². The molecule has 1 aromatic rings. The third-order valence-electron chi connectivity index (χ3n) is 3.33. The molecule has 4 heteroatoms. The number of rotatable bonds is 5. The lowest BCUT2D eigenvalue weighted by Gasteiger charge is -2.35. The van der Waals surface area contributed by atoms with Crippen LogP contribution in [0.3, 0.4) is 0 Å². The predicted molar refractivity (Wildman–Crippen MR) is 67.8 cm³/mol. The Kier molecular flexibility index (Phi) is 3.97. The lowest BCUT2D eigenvalue weighted by atomic mass is 9.80. The molecule has 0 amide bonds. The third kappa shape index (κ3) is 3.17. The first kappa shape index (κ1) is 12.3. The lowest BCUT2D eigenvalue weighted by Crippen LogP contribution is -2.41. The summed E-state index contributed by atoms with van der Waals surface area (Å²) in [4.78, 5) is 6.52. The fraction of sp³-hybridized carbons (Fsp3) is 0.615. The van der Waals surface area contributed by atoms with E-state index >= 15 is 0 Å². The summed E-state index contributed by atoms with van der Waals surface area (Å²) in [5.74, 6) is 1.49. The van der Waals surface area contributed by atoms with Gasteiger partial charge in [-0.1, -0.05) is 6.07 Å². The van der Waals surface area contributed by atoms with Gasteiger partial charge < -0.3 is 15.4 Å². The highest BCUT2D eigenvalue weighted by Gasteiger charge is 2.26. The van der Waals surface area contributed by atoms with Gasteiger partial charge in [0.1, 0.15) is 0 Å². The maximum Gasteiger partial charge on any atom is 0.217 e. The Morgan fingerprint density at radius 1 is 1.53 bits per heavy atom. The van der Waals surface area contributed by atoms with Crippen LogP contribution in [-0.2, 0) is 6.54 Å². The molecule has 0 radical (unpaired) electrons. The van der Waals surface area contributed by atoms with Crippen LogP contribution >= 0.6 is 0 Å². The second-order valence-electron chi connectivity index (χ2n) is 4.97. The van der Waals surface area contributed by atoms with Crippen LogP contribution in [0.2, 0.25) is 0 Å². The summed E-state index contributed by atoms with van der Waals surface area (Å²) in [6.07, 6.45) is 4.08. The van der Waals surface area contributed by atoms with Crippen molar-refractivity contribution >= 4 is 0 Å². The molecule has 0 aromatic carbocycles. The summed E-state index contributed by atoms with van der Waals surface area (Å²) in [5.41, 5.74) is 6.93. The van der Waals surface area contributed by atoms with Crippen LogP contribution in [0.5, 0.6) is 5.88 Å². The van der Waals surface area contributed by atoms with Gasteiger partial charge in [0, 0.05) is 30.9 Å². The van der Waals surface area contributed by atoms with E-state index in [9.17, 15) is 0 Å². The first-order chi connectivity index (χ1) is 8.19. The van der Waals surface area contributed by atoms with Crippen LogP contribution in [0.25, 0.3) is 0 Å².